The van der Waals surface area contributed by atoms with E-state index in [1.54, 1.807) is 23.1 Å². The minimum atomic E-state index is -0.0204. The molecule has 1 aliphatic carbocycles. The third-order valence-corrected chi connectivity index (χ3v) is 4.31. The van der Waals surface area contributed by atoms with E-state index >= 15 is 0 Å². The molecule has 110 valence electrons. The molecule has 3 nitrogen and oxygen atoms in total. The van der Waals surface area contributed by atoms with Crippen molar-refractivity contribution in [2.45, 2.75) is 38.1 Å². The molecule has 2 rings (SSSR count). The normalized spacial score (nSPS) is 15.9. The van der Waals surface area contributed by atoms with Gasteiger partial charge >= 0.3 is 0 Å². The summed E-state index contributed by atoms with van der Waals surface area (Å²) >= 11 is 11.9. The zero-order valence-electron chi connectivity index (χ0n) is 11.6. The van der Waals surface area contributed by atoms with Gasteiger partial charge < -0.3 is 9.64 Å². The van der Waals surface area contributed by atoms with Crippen LogP contribution in [0.25, 0.3) is 0 Å². The van der Waals surface area contributed by atoms with Crippen LogP contribution < -0.4 is 4.74 Å². The molecule has 0 unspecified atom stereocenters. The second-order valence-corrected chi connectivity index (χ2v) is 6.00. The molecule has 0 saturated heterocycles. The number of likely N-dealkylation sites (N-methyl/N-ethyl adjacent to an activating group) is 1. The van der Waals surface area contributed by atoms with Crippen LogP contribution in [-0.2, 0) is 4.79 Å². The average Bonchev–Trinajstić information content (AvgIpc) is 2.48. The Balaban J connectivity index is 1.89. The smallest absolute Gasteiger partial charge is 0.260 e. The molecule has 0 radical (unpaired) electrons. The van der Waals surface area contributed by atoms with Crippen molar-refractivity contribution in [1.82, 2.24) is 4.90 Å². The lowest BCUT2D eigenvalue weighted by molar-refractivity contribution is -0.134. The number of halogens is 2. The first kappa shape index (κ1) is 15.5. The van der Waals surface area contributed by atoms with Crippen LogP contribution in [0.3, 0.4) is 0 Å². The van der Waals surface area contributed by atoms with Crippen molar-refractivity contribution in [2.24, 2.45) is 0 Å². The first-order valence-electron chi connectivity index (χ1n) is 6.91. The number of ether oxygens (including phenoxy) is 1. The van der Waals surface area contributed by atoms with Gasteiger partial charge in [-0.25, -0.2) is 0 Å². The summed E-state index contributed by atoms with van der Waals surface area (Å²) in [6, 6.07) is 5.31. The maximum atomic E-state index is 12.1. The SMILES string of the molecule is CN(C(=O)COc1cc(Cl)ccc1Cl)C1CCCCC1. The number of hydrogen-bond donors (Lipinski definition) is 0. The quantitative estimate of drug-likeness (QED) is 0.834. The minimum absolute atomic E-state index is 0.00688. The van der Waals surface area contributed by atoms with E-state index in [-0.39, 0.29) is 12.5 Å². The molecular formula is C15H19Cl2NO2. The Morgan fingerprint density at radius 3 is 2.70 bits per heavy atom. The topological polar surface area (TPSA) is 29.5 Å². The van der Waals surface area contributed by atoms with Gasteiger partial charge in [-0.2, -0.15) is 0 Å². The van der Waals surface area contributed by atoms with Gasteiger partial charge in [0.05, 0.1) is 5.02 Å². The predicted octanol–water partition coefficient (Wildman–Crippen LogP) is 4.16. The average molecular weight is 316 g/mol. The standard InChI is InChI=1S/C15H19Cl2NO2/c1-18(12-5-3-2-4-6-12)15(19)10-20-14-9-11(16)7-8-13(14)17/h7-9,12H,2-6,10H2,1H3. The van der Waals surface area contributed by atoms with Gasteiger partial charge in [0.25, 0.3) is 5.91 Å². The molecular weight excluding hydrogens is 297 g/mol. The fraction of sp³-hybridized carbons (Fsp3) is 0.533. The van der Waals surface area contributed by atoms with Crippen LogP contribution in [0.5, 0.6) is 5.75 Å². The molecule has 1 aliphatic rings. The van der Waals surface area contributed by atoms with Crippen LogP contribution in [0.2, 0.25) is 10.0 Å². The highest BCUT2D eigenvalue weighted by Crippen LogP contribution is 2.28. The summed E-state index contributed by atoms with van der Waals surface area (Å²) in [5, 5.41) is 1.00. The zero-order chi connectivity index (χ0) is 14.5. The van der Waals surface area contributed by atoms with E-state index in [9.17, 15) is 4.79 Å². The number of benzene rings is 1. The lowest BCUT2D eigenvalue weighted by Gasteiger charge is -2.31. The number of hydrogen-bond acceptors (Lipinski definition) is 2. The molecule has 1 aromatic rings. The number of carbonyl (C=O) groups is 1. The van der Waals surface area contributed by atoms with E-state index in [4.69, 9.17) is 27.9 Å². The summed E-state index contributed by atoms with van der Waals surface area (Å²) < 4.78 is 5.48. The zero-order valence-corrected chi connectivity index (χ0v) is 13.1. The first-order valence-corrected chi connectivity index (χ1v) is 7.67. The Kier molecular flexibility index (Phi) is 5.55. The third-order valence-electron chi connectivity index (χ3n) is 3.76. The van der Waals surface area contributed by atoms with Crippen LogP contribution in [-0.4, -0.2) is 30.5 Å². The number of amides is 1. The first-order chi connectivity index (χ1) is 9.58. The number of rotatable bonds is 4. The van der Waals surface area contributed by atoms with Crippen molar-refractivity contribution < 1.29 is 9.53 Å². The van der Waals surface area contributed by atoms with Gasteiger partial charge in [0.15, 0.2) is 6.61 Å². The number of carbonyl (C=O) groups excluding carboxylic acids is 1. The lowest BCUT2D eigenvalue weighted by atomic mass is 9.94. The van der Waals surface area contributed by atoms with Gasteiger partial charge in [0.2, 0.25) is 0 Å². The second-order valence-electron chi connectivity index (χ2n) is 5.16. The monoisotopic (exact) mass is 315 g/mol. The molecule has 5 heteroatoms. The summed E-state index contributed by atoms with van der Waals surface area (Å²) in [5.74, 6) is 0.428. The van der Waals surface area contributed by atoms with Crippen molar-refractivity contribution >= 4 is 29.1 Å². The lowest BCUT2D eigenvalue weighted by Crippen LogP contribution is -2.40. The van der Waals surface area contributed by atoms with E-state index in [2.05, 4.69) is 0 Å². The van der Waals surface area contributed by atoms with Crippen molar-refractivity contribution in [3.05, 3.63) is 28.2 Å². The third kappa shape index (κ3) is 4.03. The molecule has 0 aromatic heterocycles. The molecule has 0 heterocycles. The summed E-state index contributed by atoms with van der Waals surface area (Å²) in [4.78, 5) is 13.9. The van der Waals surface area contributed by atoms with E-state index in [1.165, 1.54) is 19.3 Å². The predicted molar refractivity (Wildman–Crippen MR) is 81.6 cm³/mol. The van der Waals surface area contributed by atoms with E-state index in [1.807, 2.05) is 7.05 Å². The molecule has 1 amide bonds. The molecule has 0 N–H and O–H groups in total. The van der Waals surface area contributed by atoms with Crippen molar-refractivity contribution in [1.29, 1.82) is 0 Å². The fourth-order valence-corrected chi connectivity index (χ4v) is 2.84. The van der Waals surface area contributed by atoms with Gasteiger partial charge in [-0.3, -0.25) is 4.79 Å². The minimum Gasteiger partial charge on any atom is -0.482 e. The van der Waals surface area contributed by atoms with Crippen molar-refractivity contribution in [3.63, 3.8) is 0 Å². The molecule has 1 aromatic carbocycles. The highest BCUT2D eigenvalue weighted by Gasteiger charge is 2.22. The van der Waals surface area contributed by atoms with Gasteiger partial charge in [-0.1, -0.05) is 42.5 Å². The molecule has 0 bridgehead atoms. The Labute approximate surface area is 129 Å². The largest absolute Gasteiger partial charge is 0.482 e. The Morgan fingerprint density at radius 2 is 2.00 bits per heavy atom. The van der Waals surface area contributed by atoms with Crippen LogP contribution in [0, 0.1) is 0 Å². The summed E-state index contributed by atoms with van der Waals surface area (Å²) in [5.41, 5.74) is 0. The molecule has 0 spiro atoms. The van der Waals surface area contributed by atoms with Crippen molar-refractivity contribution in [2.75, 3.05) is 13.7 Å². The summed E-state index contributed by atoms with van der Waals surface area (Å²) in [6.45, 7) is -0.00688. The van der Waals surface area contributed by atoms with Gasteiger partial charge in [0.1, 0.15) is 5.75 Å². The van der Waals surface area contributed by atoms with E-state index < -0.39 is 0 Å². The maximum absolute atomic E-state index is 12.1. The molecule has 1 fully saturated rings. The highest BCUT2D eigenvalue weighted by atomic mass is 35.5. The highest BCUT2D eigenvalue weighted by molar-refractivity contribution is 6.34. The van der Waals surface area contributed by atoms with E-state index in [0.29, 0.717) is 21.8 Å². The Morgan fingerprint density at radius 1 is 1.30 bits per heavy atom. The molecule has 0 atom stereocenters. The van der Waals surface area contributed by atoms with Crippen molar-refractivity contribution in [3.8, 4) is 5.75 Å². The summed E-state index contributed by atoms with van der Waals surface area (Å²) in [7, 11) is 1.85. The van der Waals surface area contributed by atoms with Gasteiger partial charge in [-0.05, 0) is 25.0 Å². The van der Waals surface area contributed by atoms with Crippen LogP contribution in [0.4, 0.5) is 0 Å². The molecule has 1 saturated carbocycles. The summed E-state index contributed by atoms with van der Waals surface area (Å²) in [6.07, 6.45) is 5.83. The molecule has 0 aliphatic heterocycles. The van der Waals surface area contributed by atoms with Gasteiger partial charge in [-0.15, -0.1) is 0 Å². The van der Waals surface area contributed by atoms with Gasteiger partial charge in [0, 0.05) is 24.2 Å². The Bertz CT molecular complexity index is 473. The van der Waals surface area contributed by atoms with Crippen LogP contribution in [0.1, 0.15) is 32.1 Å². The second kappa shape index (κ2) is 7.19. The van der Waals surface area contributed by atoms with Crippen LogP contribution >= 0.6 is 23.2 Å². The number of nitrogens with zero attached hydrogens (tertiary/aromatic N) is 1. The fourth-order valence-electron chi connectivity index (χ4n) is 2.50. The maximum Gasteiger partial charge on any atom is 0.260 e. The molecule has 20 heavy (non-hydrogen) atoms. The van der Waals surface area contributed by atoms with E-state index in [0.717, 1.165) is 12.8 Å². The van der Waals surface area contributed by atoms with Crippen LogP contribution in [0.15, 0.2) is 18.2 Å². The Hall–Kier alpha value is -0.930.